The third-order valence-corrected chi connectivity index (χ3v) is 7.14. The van der Waals surface area contributed by atoms with Gasteiger partial charge in [0.25, 0.3) is 11.8 Å². The molecule has 12 nitrogen and oxygen atoms in total. The summed E-state index contributed by atoms with van der Waals surface area (Å²) in [4.78, 5) is 47.3. The molecular weight excluding hydrogens is 512 g/mol. The summed E-state index contributed by atoms with van der Waals surface area (Å²) in [6, 6.07) is 15.3. The first kappa shape index (κ1) is 25.4. The molecule has 12 heteroatoms. The topological polar surface area (TPSA) is 127 Å². The number of fused-ring (bicyclic) bond motifs is 2. The number of anilines is 1. The van der Waals surface area contributed by atoms with Gasteiger partial charge in [0.1, 0.15) is 30.5 Å². The summed E-state index contributed by atoms with van der Waals surface area (Å²) in [6.07, 6.45) is 1.57. The zero-order valence-electron chi connectivity index (χ0n) is 22.1. The SMILES string of the molecule is Cc1cc(=O)c(C(=O)NC2COc3ccc(CN4CCn5ncnc5C4)cc3N(C)C2=O)nn1-c1ccccc1. The predicted octanol–water partition coefficient (Wildman–Crippen LogP) is 1.30. The third kappa shape index (κ3) is 4.84. The fraction of sp³-hybridized carbons (Fsp3) is 0.286. The van der Waals surface area contributed by atoms with Gasteiger partial charge in [-0.3, -0.25) is 19.3 Å². The maximum Gasteiger partial charge on any atom is 0.276 e. The molecule has 2 aliphatic rings. The van der Waals surface area contributed by atoms with Crippen molar-refractivity contribution in [1.29, 1.82) is 0 Å². The molecule has 0 aliphatic carbocycles. The highest BCUT2D eigenvalue weighted by Crippen LogP contribution is 2.32. The summed E-state index contributed by atoms with van der Waals surface area (Å²) < 4.78 is 9.38. The van der Waals surface area contributed by atoms with Gasteiger partial charge in [-0.25, -0.2) is 14.3 Å². The van der Waals surface area contributed by atoms with Crippen LogP contribution < -0.4 is 20.4 Å². The van der Waals surface area contributed by atoms with Crippen molar-refractivity contribution in [3.8, 4) is 11.4 Å². The van der Waals surface area contributed by atoms with E-state index >= 15 is 0 Å². The van der Waals surface area contributed by atoms with Gasteiger partial charge in [-0.05, 0) is 36.8 Å². The van der Waals surface area contributed by atoms with Crippen molar-refractivity contribution in [2.45, 2.75) is 32.6 Å². The molecule has 0 spiro atoms. The summed E-state index contributed by atoms with van der Waals surface area (Å²) in [5, 5.41) is 11.2. The lowest BCUT2D eigenvalue weighted by molar-refractivity contribution is -0.120. The molecule has 1 atom stereocenters. The minimum absolute atomic E-state index is 0.0816. The van der Waals surface area contributed by atoms with Crippen molar-refractivity contribution in [3.63, 3.8) is 0 Å². The Morgan fingerprint density at radius 3 is 2.75 bits per heavy atom. The molecule has 204 valence electrons. The number of hydrogen-bond donors (Lipinski definition) is 1. The normalized spacial score (nSPS) is 17.0. The van der Waals surface area contributed by atoms with Crippen LogP contribution in [-0.4, -0.2) is 67.5 Å². The maximum atomic E-state index is 13.4. The average molecular weight is 541 g/mol. The minimum atomic E-state index is -1.01. The Balaban J connectivity index is 1.18. The molecular formula is C28H28N8O4. The van der Waals surface area contributed by atoms with Crippen molar-refractivity contribution < 1.29 is 14.3 Å². The van der Waals surface area contributed by atoms with Gasteiger partial charge in [-0.15, -0.1) is 0 Å². The first-order valence-corrected chi connectivity index (χ1v) is 13.0. The molecule has 0 fully saturated rings. The van der Waals surface area contributed by atoms with Gasteiger partial charge in [0.15, 0.2) is 5.69 Å². The average Bonchev–Trinajstić information content (AvgIpc) is 3.39. The molecule has 1 N–H and O–H groups in total. The minimum Gasteiger partial charge on any atom is -0.489 e. The van der Waals surface area contributed by atoms with E-state index in [0.29, 0.717) is 35.9 Å². The van der Waals surface area contributed by atoms with E-state index in [1.54, 1.807) is 20.3 Å². The van der Waals surface area contributed by atoms with Gasteiger partial charge in [0.2, 0.25) is 5.43 Å². The van der Waals surface area contributed by atoms with Gasteiger partial charge in [0, 0.05) is 31.9 Å². The number of nitrogens with zero attached hydrogens (tertiary/aromatic N) is 7. The Morgan fingerprint density at radius 2 is 1.93 bits per heavy atom. The highest BCUT2D eigenvalue weighted by Gasteiger charge is 2.32. The molecule has 0 radical (unpaired) electrons. The Hall–Kier alpha value is -4.84. The quantitative estimate of drug-likeness (QED) is 0.401. The largest absolute Gasteiger partial charge is 0.489 e. The van der Waals surface area contributed by atoms with Crippen LogP contribution in [0.1, 0.15) is 27.6 Å². The van der Waals surface area contributed by atoms with Crippen LogP contribution in [0.3, 0.4) is 0 Å². The van der Waals surface area contributed by atoms with E-state index in [1.807, 2.05) is 53.2 Å². The van der Waals surface area contributed by atoms with Crippen LogP contribution >= 0.6 is 0 Å². The molecule has 1 unspecified atom stereocenters. The maximum absolute atomic E-state index is 13.4. The molecule has 4 aromatic rings. The summed E-state index contributed by atoms with van der Waals surface area (Å²) in [5.74, 6) is 0.365. The van der Waals surface area contributed by atoms with Crippen LogP contribution in [0.15, 0.2) is 65.7 Å². The van der Waals surface area contributed by atoms with Gasteiger partial charge >= 0.3 is 0 Å². The number of aromatic nitrogens is 5. The lowest BCUT2D eigenvalue weighted by Gasteiger charge is -2.27. The molecule has 2 aliphatic heterocycles. The molecule has 0 saturated carbocycles. The van der Waals surface area contributed by atoms with Crippen molar-refractivity contribution in [1.82, 2.24) is 34.8 Å². The number of aryl methyl sites for hydroxylation is 1. The van der Waals surface area contributed by atoms with Gasteiger partial charge in [-0.2, -0.15) is 10.2 Å². The van der Waals surface area contributed by atoms with E-state index in [4.69, 9.17) is 4.74 Å². The lowest BCUT2D eigenvalue weighted by Crippen LogP contribution is -2.50. The van der Waals surface area contributed by atoms with Gasteiger partial charge in [0.05, 0.1) is 24.5 Å². The van der Waals surface area contributed by atoms with E-state index in [2.05, 4.69) is 25.4 Å². The third-order valence-electron chi connectivity index (χ3n) is 7.14. The number of rotatable bonds is 5. The monoisotopic (exact) mass is 540 g/mol. The van der Waals surface area contributed by atoms with Crippen LogP contribution in [0.25, 0.3) is 5.69 Å². The summed E-state index contributed by atoms with van der Waals surface area (Å²) in [6.45, 7) is 4.64. The van der Waals surface area contributed by atoms with Crippen LogP contribution in [0, 0.1) is 6.92 Å². The van der Waals surface area contributed by atoms with E-state index in [0.717, 1.165) is 24.5 Å². The standard InChI is InChI=1S/C28H28N8O4/c1-18-12-23(37)26(32-36(18)20-6-4-3-5-7-20)27(38)31-21-16-40-24-9-8-19(13-22(24)33(2)28(21)39)14-34-10-11-35-25(15-34)29-17-30-35/h3-9,12-13,17,21H,10-11,14-16H2,1-2H3,(H,31,38). The van der Waals surface area contributed by atoms with Crippen molar-refractivity contribution in [2.24, 2.45) is 0 Å². The fourth-order valence-electron chi connectivity index (χ4n) is 5.01. The first-order chi connectivity index (χ1) is 19.4. The molecule has 0 saturated heterocycles. The second-order valence-electron chi connectivity index (χ2n) is 9.89. The summed E-state index contributed by atoms with van der Waals surface area (Å²) in [5.41, 5.74) is 2.09. The van der Waals surface area contributed by atoms with Gasteiger partial charge < -0.3 is 15.0 Å². The molecule has 2 amide bonds. The molecule has 2 aromatic carbocycles. The Morgan fingerprint density at radius 1 is 1.10 bits per heavy atom. The number of para-hydroxylation sites is 1. The van der Waals surface area contributed by atoms with E-state index in [1.165, 1.54) is 15.6 Å². The number of hydrogen-bond acceptors (Lipinski definition) is 8. The van der Waals surface area contributed by atoms with Crippen molar-refractivity contribution in [3.05, 3.63) is 93.9 Å². The molecule has 6 rings (SSSR count). The Bertz CT molecular complexity index is 1650. The number of nitrogens with one attached hydrogen (secondary N) is 1. The molecule has 4 heterocycles. The Labute approximate surface area is 229 Å². The van der Waals surface area contributed by atoms with Crippen LogP contribution in [0.2, 0.25) is 0 Å². The smallest absolute Gasteiger partial charge is 0.276 e. The number of benzene rings is 2. The predicted molar refractivity (Wildman–Crippen MR) is 145 cm³/mol. The number of likely N-dealkylation sites (N-methyl/N-ethyl adjacent to an activating group) is 1. The number of carbonyl (C=O) groups is 2. The van der Waals surface area contributed by atoms with Gasteiger partial charge in [-0.1, -0.05) is 24.3 Å². The molecule has 40 heavy (non-hydrogen) atoms. The van der Waals surface area contributed by atoms with Crippen molar-refractivity contribution >= 4 is 17.5 Å². The van der Waals surface area contributed by atoms with Crippen LogP contribution in [-0.2, 0) is 24.4 Å². The van der Waals surface area contributed by atoms with Crippen molar-refractivity contribution in [2.75, 3.05) is 25.1 Å². The number of carbonyl (C=O) groups excluding carboxylic acids is 2. The second kappa shape index (κ2) is 10.4. The number of amides is 2. The van der Waals surface area contributed by atoms with Crippen LogP contribution in [0.5, 0.6) is 5.75 Å². The summed E-state index contributed by atoms with van der Waals surface area (Å²) in [7, 11) is 1.65. The Kier molecular flexibility index (Phi) is 6.60. The zero-order valence-corrected chi connectivity index (χ0v) is 22.1. The van der Waals surface area contributed by atoms with E-state index in [-0.39, 0.29) is 18.2 Å². The number of ether oxygens (including phenoxy) is 1. The first-order valence-electron chi connectivity index (χ1n) is 13.0. The van der Waals surface area contributed by atoms with Crippen LogP contribution in [0.4, 0.5) is 5.69 Å². The van der Waals surface area contributed by atoms with E-state index in [9.17, 15) is 14.4 Å². The highest BCUT2D eigenvalue weighted by molar-refractivity contribution is 6.02. The second-order valence-corrected chi connectivity index (χ2v) is 9.89. The molecule has 0 bridgehead atoms. The van der Waals surface area contributed by atoms with E-state index < -0.39 is 17.4 Å². The molecule has 2 aromatic heterocycles. The fourth-order valence-corrected chi connectivity index (χ4v) is 5.01. The summed E-state index contributed by atoms with van der Waals surface area (Å²) >= 11 is 0. The zero-order chi connectivity index (χ0) is 27.8. The highest BCUT2D eigenvalue weighted by atomic mass is 16.5. The lowest BCUT2D eigenvalue weighted by atomic mass is 10.1.